The van der Waals surface area contributed by atoms with E-state index in [9.17, 15) is 18.8 Å². The molecular formula is C27H37FN4O4. The molecule has 36 heavy (non-hydrogen) atoms. The number of halogens is 1. The Bertz CT molecular complexity index is 1030. The quantitative estimate of drug-likeness (QED) is 0.474. The molecule has 1 aromatic rings. The van der Waals surface area contributed by atoms with Crippen LogP contribution in [0.2, 0.25) is 0 Å². The summed E-state index contributed by atoms with van der Waals surface area (Å²) in [6.45, 7) is 9.43. The van der Waals surface area contributed by atoms with Gasteiger partial charge in [0.05, 0.1) is 11.6 Å². The zero-order chi connectivity index (χ0) is 25.7. The molecule has 1 aromatic carbocycles. The fourth-order valence-electron chi connectivity index (χ4n) is 6.23. The predicted octanol–water partition coefficient (Wildman–Crippen LogP) is 3.07. The minimum Gasteiger partial charge on any atom is -0.460 e. The van der Waals surface area contributed by atoms with Gasteiger partial charge in [-0.25, -0.2) is 4.39 Å². The number of ether oxygens (including phenoxy) is 1. The summed E-state index contributed by atoms with van der Waals surface area (Å²) in [7, 11) is 0. The maximum absolute atomic E-state index is 15.0. The lowest BCUT2D eigenvalue weighted by Crippen LogP contribution is -2.66. The van der Waals surface area contributed by atoms with Crippen LogP contribution in [0.25, 0.3) is 0 Å². The van der Waals surface area contributed by atoms with Gasteiger partial charge in [0.1, 0.15) is 17.5 Å². The van der Waals surface area contributed by atoms with Crippen LogP contribution in [-0.2, 0) is 19.1 Å². The summed E-state index contributed by atoms with van der Waals surface area (Å²) in [5, 5.41) is 5.35. The molecule has 1 atom stereocenters. The molecule has 1 spiro atoms. The third-order valence-electron chi connectivity index (χ3n) is 8.03. The molecule has 1 aliphatic carbocycles. The molecule has 5 rings (SSSR count). The molecule has 4 fully saturated rings. The minimum absolute atomic E-state index is 0.0450. The Labute approximate surface area is 211 Å². The molecule has 196 valence electrons. The van der Waals surface area contributed by atoms with Crippen molar-refractivity contribution in [2.45, 2.75) is 77.0 Å². The van der Waals surface area contributed by atoms with E-state index in [1.807, 2.05) is 20.8 Å². The molecule has 0 radical (unpaired) electrons. The van der Waals surface area contributed by atoms with Crippen LogP contribution in [0.5, 0.6) is 0 Å². The highest BCUT2D eigenvalue weighted by molar-refractivity contribution is 6.01. The molecule has 8 nitrogen and oxygen atoms in total. The standard InChI is InChI=1S/C27H37FN4O4/c1-26(2,3)36-25(35)17-13-27(14-17)15-32(16-27)19-8-10-31(11-9-19)22-6-4-18(12-20(22)28)29-21-5-7-23(33)30-24(21)34/h4,6,12,17,19,21,29H,5,7-11,13-16H2,1-3H3,(H,30,33,34). The number of likely N-dealkylation sites (tertiary alicyclic amines) is 1. The Morgan fingerprint density at radius 2 is 1.83 bits per heavy atom. The number of imide groups is 1. The van der Waals surface area contributed by atoms with Crippen LogP contribution in [0.4, 0.5) is 15.8 Å². The number of amides is 2. The number of benzene rings is 1. The predicted molar refractivity (Wildman–Crippen MR) is 134 cm³/mol. The average molecular weight is 501 g/mol. The van der Waals surface area contributed by atoms with Crippen molar-refractivity contribution in [2.75, 3.05) is 36.4 Å². The highest BCUT2D eigenvalue weighted by Gasteiger charge is 2.56. The van der Waals surface area contributed by atoms with Crippen LogP contribution in [0.15, 0.2) is 18.2 Å². The number of hydrogen-bond donors (Lipinski definition) is 2. The van der Waals surface area contributed by atoms with E-state index in [2.05, 4.69) is 20.4 Å². The molecule has 3 saturated heterocycles. The second-order valence-electron chi connectivity index (χ2n) is 12.1. The van der Waals surface area contributed by atoms with Crippen molar-refractivity contribution in [3.63, 3.8) is 0 Å². The summed E-state index contributed by atoms with van der Waals surface area (Å²) >= 11 is 0. The van der Waals surface area contributed by atoms with Gasteiger partial charge >= 0.3 is 5.97 Å². The summed E-state index contributed by atoms with van der Waals surface area (Å²) < 4.78 is 20.5. The summed E-state index contributed by atoms with van der Waals surface area (Å²) in [6, 6.07) is 4.98. The Morgan fingerprint density at radius 1 is 1.14 bits per heavy atom. The van der Waals surface area contributed by atoms with Crippen LogP contribution in [0, 0.1) is 17.2 Å². The summed E-state index contributed by atoms with van der Waals surface area (Å²) in [6.07, 6.45) is 4.52. The number of carbonyl (C=O) groups excluding carboxylic acids is 3. The zero-order valence-corrected chi connectivity index (χ0v) is 21.4. The van der Waals surface area contributed by atoms with Gasteiger partial charge in [-0.1, -0.05) is 0 Å². The van der Waals surface area contributed by atoms with Gasteiger partial charge in [0, 0.05) is 44.3 Å². The SMILES string of the molecule is CC(C)(C)OC(=O)C1CC2(C1)CN(C1CCN(c3ccc(NC4CCC(=O)NC4=O)cc3F)CC1)C2. The molecule has 0 aromatic heterocycles. The molecule has 1 saturated carbocycles. The summed E-state index contributed by atoms with van der Waals surface area (Å²) in [5.41, 5.74) is 0.984. The van der Waals surface area contributed by atoms with Crippen molar-refractivity contribution in [1.82, 2.24) is 10.2 Å². The number of nitrogens with zero attached hydrogens (tertiary/aromatic N) is 2. The second-order valence-corrected chi connectivity index (χ2v) is 12.1. The van der Waals surface area contributed by atoms with Gasteiger partial charge in [-0.3, -0.25) is 24.6 Å². The zero-order valence-electron chi connectivity index (χ0n) is 21.4. The van der Waals surface area contributed by atoms with Gasteiger partial charge in [-0.2, -0.15) is 0 Å². The Morgan fingerprint density at radius 3 is 2.44 bits per heavy atom. The lowest BCUT2D eigenvalue weighted by Gasteiger charge is -2.61. The van der Waals surface area contributed by atoms with Gasteiger partial charge < -0.3 is 15.0 Å². The molecule has 2 amide bonds. The average Bonchev–Trinajstić information content (AvgIpc) is 2.73. The van der Waals surface area contributed by atoms with Crippen molar-refractivity contribution in [3.8, 4) is 0 Å². The Hall–Kier alpha value is -2.68. The Kier molecular flexibility index (Phi) is 6.47. The molecular weight excluding hydrogens is 463 g/mol. The van der Waals surface area contributed by atoms with Gasteiger partial charge in [0.15, 0.2) is 0 Å². The van der Waals surface area contributed by atoms with E-state index in [1.54, 1.807) is 12.1 Å². The minimum atomic E-state index is -0.529. The first kappa shape index (κ1) is 25.0. The molecule has 3 heterocycles. The fourth-order valence-corrected chi connectivity index (χ4v) is 6.23. The number of esters is 1. The van der Waals surface area contributed by atoms with E-state index >= 15 is 0 Å². The monoisotopic (exact) mass is 500 g/mol. The second kappa shape index (κ2) is 9.32. The number of carbonyl (C=O) groups is 3. The summed E-state index contributed by atoms with van der Waals surface area (Å²) in [5.74, 6) is -0.956. The number of rotatable bonds is 5. The molecule has 1 unspecified atom stereocenters. The number of piperidine rings is 2. The van der Waals surface area contributed by atoms with Crippen molar-refractivity contribution >= 4 is 29.2 Å². The smallest absolute Gasteiger partial charge is 0.309 e. The summed E-state index contributed by atoms with van der Waals surface area (Å²) in [4.78, 5) is 40.2. The normalized spacial score (nSPS) is 25.2. The maximum Gasteiger partial charge on any atom is 0.309 e. The first-order chi connectivity index (χ1) is 17.0. The van der Waals surface area contributed by atoms with E-state index < -0.39 is 11.6 Å². The van der Waals surface area contributed by atoms with E-state index in [4.69, 9.17) is 4.74 Å². The third-order valence-corrected chi connectivity index (χ3v) is 8.03. The highest BCUT2D eigenvalue weighted by Crippen LogP contribution is 2.53. The van der Waals surface area contributed by atoms with Crippen molar-refractivity contribution in [2.24, 2.45) is 11.3 Å². The fraction of sp³-hybridized carbons (Fsp3) is 0.667. The number of nitrogens with one attached hydrogen (secondary N) is 2. The molecule has 9 heteroatoms. The van der Waals surface area contributed by atoms with Crippen molar-refractivity contribution in [1.29, 1.82) is 0 Å². The van der Waals surface area contributed by atoms with Crippen LogP contribution >= 0.6 is 0 Å². The van der Waals surface area contributed by atoms with Gasteiger partial charge in [-0.15, -0.1) is 0 Å². The van der Waals surface area contributed by atoms with Crippen molar-refractivity contribution in [3.05, 3.63) is 24.0 Å². The van der Waals surface area contributed by atoms with Crippen LogP contribution in [0.3, 0.4) is 0 Å². The highest BCUT2D eigenvalue weighted by atomic mass is 19.1. The van der Waals surface area contributed by atoms with Crippen LogP contribution in [0.1, 0.15) is 59.3 Å². The molecule has 0 bridgehead atoms. The first-order valence-corrected chi connectivity index (χ1v) is 13.1. The molecule has 4 aliphatic rings. The van der Waals surface area contributed by atoms with Gasteiger partial charge in [-0.05, 0) is 76.5 Å². The Balaban J connectivity index is 1.07. The molecule has 3 aliphatic heterocycles. The van der Waals surface area contributed by atoms with Crippen molar-refractivity contribution < 1.29 is 23.5 Å². The topological polar surface area (TPSA) is 91.0 Å². The first-order valence-electron chi connectivity index (χ1n) is 13.1. The third kappa shape index (κ3) is 5.21. The van der Waals surface area contributed by atoms with E-state index in [0.717, 1.165) is 51.9 Å². The van der Waals surface area contributed by atoms with E-state index in [-0.39, 0.29) is 41.4 Å². The number of anilines is 2. The van der Waals surface area contributed by atoms with Gasteiger partial charge in [0.2, 0.25) is 11.8 Å². The lowest BCUT2D eigenvalue weighted by molar-refractivity contribution is -0.180. The maximum atomic E-state index is 15.0. The van der Waals surface area contributed by atoms with Crippen LogP contribution in [-0.4, -0.2) is 66.5 Å². The largest absolute Gasteiger partial charge is 0.460 e. The van der Waals surface area contributed by atoms with E-state index in [1.165, 1.54) is 6.07 Å². The van der Waals surface area contributed by atoms with Gasteiger partial charge in [0.25, 0.3) is 0 Å². The van der Waals surface area contributed by atoms with Crippen LogP contribution < -0.4 is 15.5 Å². The number of hydrogen-bond acceptors (Lipinski definition) is 7. The lowest BCUT2D eigenvalue weighted by atomic mass is 9.57. The van der Waals surface area contributed by atoms with E-state index in [0.29, 0.717) is 23.8 Å². The molecule has 2 N–H and O–H groups in total.